The highest BCUT2D eigenvalue weighted by Crippen LogP contribution is 2.13. The van der Waals surface area contributed by atoms with Crippen molar-refractivity contribution in [1.29, 1.82) is 0 Å². The zero-order valence-corrected chi connectivity index (χ0v) is 11.0. The molecule has 0 aliphatic heterocycles. The van der Waals surface area contributed by atoms with E-state index >= 15 is 0 Å². The lowest BCUT2D eigenvalue weighted by Crippen LogP contribution is -2.37. The molecule has 0 saturated heterocycles. The number of amides is 1. The van der Waals surface area contributed by atoms with Crippen molar-refractivity contribution in [2.75, 3.05) is 19.4 Å². The predicted octanol–water partition coefficient (Wildman–Crippen LogP) is 0.970. The number of hydrogen-bond donors (Lipinski definition) is 1. The summed E-state index contributed by atoms with van der Waals surface area (Å²) in [7, 11) is 3.46. The number of anilines is 1. The summed E-state index contributed by atoms with van der Waals surface area (Å²) in [5, 5.41) is 3.04. The van der Waals surface area contributed by atoms with E-state index in [1.165, 1.54) is 6.33 Å². The zero-order valence-electron chi connectivity index (χ0n) is 8.86. The molecule has 1 aromatic heterocycles. The molecule has 0 spiro atoms. The number of likely N-dealkylation sites (N-methyl/N-ethyl adjacent to an activating group) is 1. The van der Waals surface area contributed by atoms with Gasteiger partial charge in [0.25, 0.3) is 0 Å². The van der Waals surface area contributed by atoms with Gasteiger partial charge in [0.1, 0.15) is 18.2 Å². The Hall–Kier alpha value is -0.920. The second-order valence-electron chi connectivity index (χ2n) is 3.32. The van der Waals surface area contributed by atoms with Crippen LogP contribution in [0.4, 0.5) is 5.82 Å². The zero-order chi connectivity index (χ0) is 11.4. The molecular weight excluding hydrogens is 307 g/mol. The van der Waals surface area contributed by atoms with E-state index < -0.39 is 0 Å². The highest BCUT2D eigenvalue weighted by atomic mass is 127. The summed E-state index contributed by atoms with van der Waals surface area (Å²) in [4.78, 5) is 21.1. The molecule has 0 saturated carbocycles. The molecule has 1 unspecified atom stereocenters. The number of rotatable bonds is 3. The van der Waals surface area contributed by atoms with E-state index in [0.29, 0.717) is 5.82 Å². The van der Waals surface area contributed by atoms with Crippen molar-refractivity contribution < 1.29 is 4.79 Å². The van der Waals surface area contributed by atoms with Crippen molar-refractivity contribution in [2.24, 2.45) is 0 Å². The van der Waals surface area contributed by atoms with Crippen LogP contribution in [-0.4, -0.2) is 40.9 Å². The Morgan fingerprint density at radius 2 is 2.27 bits per heavy atom. The van der Waals surface area contributed by atoms with Crippen LogP contribution < -0.4 is 5.32 Å². The molecule has 0 radical (unpaired) electrons. The third-order valence-electron chi connectivity index (χ3n) is 1.83. The highest BCUT2D eigenvalue weighted by Gasteiger charge is 2.15. The van der Waals surface area contributed by atoms with E-state index in [2.05, 4.69) is 37.9 Å². The molecular formula is C9H13IN4O. The maximum atomic E-state index is 11.6. The third kappa shape index (κ3) is 3.29. The molecule has 0 aliphatic carbocycles. The Kier molecular flexibility index (Phi) is 4.25. The molecule has 1 aromatic rings. The van der Waals surface area contributed by atoms with Gasteiger partial charge in [-0.05, 0) is 29.5 Å². The van der Waals surface area contributed by atoms with Crippen molar-refractivity contribution in [3.8, 4) is 0 Å². The molecule has 6 heteroatoms. The van der Waals surface area contributed by atoms with E-state index in [0.717, 1.165) is 3.57 Å². The second kappa shape index (κ2) is 5.24. The molecule has 0 fully saturated rings. The lowest BCUT2D eigenvalue weighted by molar-refractivity contribution is -0.129. The van der Waals surface area contributed by atoms with Crippen LogP contribution in [0.15, 0.2) is 12.5 Å². The fourth-order valence-corrected chi connectivity index (χ4v) is 1.53. The second-order valence-corrected chi connectivity index (χ2v) is 4.48. The Morgan fingerprint density at radius 1 is 1.60 bits per heavy atom. The van der Waals surface area contributed by atoms with Gasteiger partial charge in [-0.15, -0.1) is 0 Å². The van der Waals surface area contributed by atoms with Gasteiger partial charge < -0.3 is 10.2 Å². The fraction of sp³-hybridized carbons (Fsp3) is 0.444. The van der Waals surface area contributed by atoms with Crippen molar-refractivity contribution in [3.05, 3.63) is 16.1 Å². The SMILES string of the molecule is CC(Nc1ncncc1I)C(=O)N(C)C. The quantitative estimate of drug-likeness (QED) is 0.843. The molecule has 1 N–H and O–H groups in total. The van der Waals surface area contributed by atoms with Crippen LogP contribution in [0, 0.1) is 3.57 Å². The van der Waals surface area contributed by atoms with E-state index in [-0.39, 0.29) is 11.9 Å². The van der Waals surface area contributed by atoms with Crippen molar-refractivity contribution in [2.45, 2.75) is 13.0 Å². The lowest BCUT2D eigenvalue weighted by Gasteiger charge is -2.18. The van der Waals surface area contributed by atoms with Crippen LogP contribution in [-0.2, 0) is 4.79 Å². The van der Waals surface area contributed by atoms with Crippen LogP contribution in [0.3, 0.4) is 0 Å². The fourth-order valence-electron chi connectivity index (χ4n) is 1.07. The van der Waals surface area contributed by atoms with Gasteiger partial charge in [-0.2, -0.15) is 0 Å². The Balaban J connectivity index is 2.71. The summed E-state index contributed by atoms with van der Waals surface area (Å²) in [6.07, 6.45) is 3.15. The van der Waals surface area contributed by atoms with Gasteiger partial charge in [-0.25, -0.2) is 9.97 Å². The van der Waals surface area contributed by atoms with E-state index in [1.54, 1.807) is 32.1 Å². The topological polar surface area (TPSA) is 58.1 Å². The Labute approximate surface area is 102 Å². The van der Waals surface area contributed by atoms with Crippen LogP contribution >= 0.6 is 22.6 Å². The maximum absolute atomic E-state index is 11.6. The van der Waals surface area contributed by atoms with Gasteiger partial charge in [-0.3, -0.25) is 4.79 Å². The Morgan fingerprint density at radius 3 is 2.80 bits per heavy atom. The standard InChI is InChI=1S/C9H13IN4O/c1-6(9(15)14(2)3)13-8-7(10)4-11-5-12-8/h4-6H,1-3H3,(H,11,12,13). The minimum Gasteiger partial charge on any atom is -0.358 e. The average Bonchev–Trinajstić information content (AvgIpc) is 2.20. The molecule has 5 nitrogen and oxygen atoms in total. The molecule has 0 aliphatic rings. The molecule has 0 bridgehead atoms. The van der Waals surface area contributed by atoms with E-state index in [1.807, 2.05) is 0 Å². The summed E-state index contributed by atoms with van der Waals surface area (Å²) < 4.78 is 0.897. The average molecular weight is 320 g/mol. The first-order valence-electron chi connectivity index (χ1n) is 4.45. The van der Waals surface area contributed by atoms with Gasteiger partial charge in [-0.1, -0.05) is 0 Å². The van der Waals surface area contributed by atoms with Crippen LogP contribution in [0.25, 0.3) is 0 Å². The van der Waals surface area contributed by atoms with Gasteiger partial charge in [0.2, 0.25) is 5.91 Å². The van der Waals surface area contributed by atoms with Gasteiger partial charge in [0, 0.05) is 20.3 Å². The summed E-state index contributed by atoms with van der Waals surface area (Å²) in [6, 6.07) is -0.289. The van der Waals surface area contributed by atoms with Gasteiger partial charge in [0.15, 0.2) is 0 Å². The third-order valence-corrected chi connectivity index (χ3v) is 2.62. The molecule has 15 heavy (non-hydrogen) atoms. The summed E-state index contributed by atoms with van der Waals surface area (Å²) in [5.41, 5.74) is 0. The first-order chi connectivity index (χ1) is 7.02. The number of carbonyl (C=O) groups excluding carboxylic acids is 1. The number of carbonyl (C=O) groups is 1. The minimum absolute atomic E-state index is 0.0180. The van der Waals surface area contributed by atoms with Crippen molar-refractivity contribution in [1.82, 2.24) is 14.9 Å². The first kappa shape index (κ1) is 12.2. The number of nitrogens with zero attached hydrogens (tertiary/aromatic N) is 3. The van der Waals surface area contributed by atoms with Crippen molar-refractivity contribution >= 4 is 34.3 Å². The first-order valence-corrected chi connectivity index (χ1v) is 5.53. The van der Waals surface area contributed by atoms with Gasteiger partial charge >= 0.3 is 0 Å². The molecule has 1 rings (SSSR count). The number of hydrogen-bond acceptors (Lipinski definition) is 4. The molecule has 82 valence electrons. The maximum Gasteiger partial charge on any atom is 0.244 e. The van der Waals surface area contributed by atoms with Crippen LogP contribution in [0.5, 0.6) is 0 Å². The minimum atomic E-state index is -0.289. The normalized spacial score (nSPS) is 12.0. The monoisotopic (exact) mass is 320 g/mol. The molecule has 1 amide bonds. The summed E-state index contributed by atoms with van der Waals surface area (Å²) in [5.74, 6) is 0.706. The Bertz CT molecular complexity index is 356. The van der Waals surface area contributed by atoms with Crippen molar-refractivity contribution in [3.63, 3.8) is 0 Å². The predicted molar refractivity (Wildman–Crippen MR) is 66.5 cm³/mol. The molecule has 0 aromatic carbocycles. The van der Waals surface area contributed by atoms with E-state index in [9.17, 15) is 4.79 Å². The van der Waals surface area contributed by atoms with E-state index in [4.69, 9.17) is 0 Å². The molecule has 1 heterocycles. The smallest absolute Gasteiger partial charge is 0.244 e. The summed E-state index contributed by atoms with van der Waals surface area (Å²) in [6.45, 7) is 1.81. The number of nitrogens with one attached hydrogen (secondary N) is 1. The summed E-state index contributed by atoms with van der Waals surface area (Å²) >= 11 is 2.12. The number of halogens is 1. The molecule has 1 atom stereocenters. The van der Waals surface area contributed by atoms with Crippen LogP contribution in [0.1, 0.15) is 6.92 Å². The van der Waals surface area contributed by atoms with Crippen LogP contribution in [0.2, 0.25) is 0 Å². The van der Waals surface area contributed by atoms with Gasteiger partial charge in [0.05, 0.1) is 3.57 Å². The lowest BCUT2D eigenvalue weighted by atomic mass is 10.3. The largest absolute Gasteiger partial charge is 0.358 e. The number of aromatic nitrogens is 2. The highest BCUT2D eigenvalue weighted by molar-refractivity contribution is 14.1.